The number of rotatable bonds is 7. The van der Waals surface area contributed by atoms with Crippen molar-refractivity contribution in [1.82, 2.24) is 10.2 Å². The first kappa shape index (κ1) is 14.5. The molecule has 1 fully saturated rings. The Kier molecular flexibility index (Phi) is 5.94. The van der Waals surface area contributed by atoms with E-state index in [-0.39, 0.29) is 5.54 Å². The number of likely N-dealkylation sites (N-methyl/N-ethyl adjacent to an activating group) is 1. The highest BCUT2D eigenvalue weighted by Gasteiger charge is 2.41. The Labute approximate surface area is 106 Å². The molecule has 1 N–H and O–H groups in total. The molecule has 3 heteroatoms. The van der Waals surface area contributed by atoms with Gasteiger partial charge in [-0.15, -0.1) is 0 Å². The van der Waals surface area contributed by atoms with Crippen LogP contribution in [0.25, 0.3) is 0 Å². The Balaban J connectivity index is 2.45. The summed E-state index contributed by atoms with van der Waals surface area (Å²) in [7, 11) is 0. The molecule has 17 heavy (non-hydrogen) atoms. The van der Waals surface area contributed by atoms with Crippen molar-refractivity contribution in [2.24, 2.45) is 5.92 Å². The molecule has 0 aliphatic heterocycles. The minimum atomic E-state index is -0.234. The van der Waals surface area contributed by atoms with Gasteiger partial charge < -0.3 is 4.90 Å². The Morgan fingerprint density at radius 3 is 2.59 bits per heavy atom. The predicted octanol–water partition coefficient (Wildman–Crippen LogP) is 2.39. The molecule has 0 spiro atoms. The minimum absolute atomic E-state index is 0.234. The average molecular weight is 237 g/mol. The van der Waals surface area contributed by atoms with Crippen LogP contribution in [0.2, 0.25) is 0 Å². The zero-order valence-corrected chi connectivity index (χ0v) is 11.6. The molecule has 2 atom stereocenters. The van der Waals surface area contributed by atoms with Crippen LogP contribution in [0.3, 0.4) is 0 Å². The monoisotopic (exact) mass is 237 g/mol. The molecule has 0 aromatic heterocycles. The molecule has 0 amide bonds. The SMILES string of the molecule is CCC1CCCC1(C#N)NCCN(CC)CC. The van der Waals surface area contributed by atoms with Crippen molar-refractivity contribution < 1.29 is 0 Å². The molecular weight excluding hydrogens is 210 g/mol. The highest BCUT2D eigenvalue weighted by atomic mass is 15.1. The molecular formula is C14H27N3. The summed E-state index contributed by atoms with van der Waals surface area (Å²) in [4.78, 5) is 2.40. The Hall–Kier alpha value is -0.590. The molecule has 1 aliphatic carbocycles. The van der Waals surface area contributed by atoms with Crippen LogP contribution >= 0.6 is 0 Å². The zero-order chi connectivity index (χ0) is 12.7. The van der Waals surface area contributed by atoms with Crippen molar-refractivity contribution in [3.8, 4) is 6.07 Å². The van der Waals surface area contributed by atoms with Gasteiger partial charge in [-0.05, 0) is 31.8 Å². The maximum atomic E-state index is 9.47. The molecule has 0 aromatic carbocycles. The second-order valence-electron chi connectivity index (χ2n) is 5.03. The lowest BCUT2D eigenvalue weighted by Crippen LogP contribution is -2.49. The number of hydrogen-bond acceptors (Lipinski definition) is 3. The fraction of sp³-hybridized carbons (Fsp3) is 0.929. The van der Waals surface area contributed by atoms with Gasteiger partial charge in [-0.25, -0.2) is 0 Å². The first-order chi connectivity index (χ1) is 8.22. The van der Waals surface area contributed by atoms with Gasteiger partial charge in [0.2, 0.25) is 0 Å². The van der Waals surface area contributed by atoms with E-state index in [1.54, 1.807) is 0 Å². The molecule has 98 valence electrons. The van der Waals surface area contributed by atoms with Crippen LogP contribution in [0.4, 0.5) is 0 Å². The van der Waals surface area contributed by atoms with Gasteiger partial charge >= 0.3 is 0 Å². The summed E-state index contributed by atoms with van der Waals surface area (Å²) in [6.45, 7) is 10.7. The third kappa shape index (κ3) is 3.43. The van der Waals surface area contributed by atoms with Crippen LogP contribution < -0.4 is 5.32 Å². The summed E-state index contributed by atoms with van der Waals surface area (Å²) in [5, 5.41) is 13.0. The Morgan fingerprint density at radius 1 is 1.35 bits per heavy atom. The molecule has 1 rings (SSSR count). The van der Waals surface area contributed by atoms with Crippen LogP contribution in [-0.2, 0) is 0 Å². The van der Waals surface area contributed by atoms with E-state index in [0.29, 0.717) is 5.92 Å². The van der Waals surface area contributed by atoms with Gasteiger partial charge in [-0.3, -0.25) is 5.32 Å². The summed E-state index contributed by atoms with van der Waals surface area (Å²) in [5.41, 5.74) is -0.234. The van der Waals surface area contributed by atoms with Crippen LogP contribution in [0.1, 0.15) is 46.5 Å². The third-order valence-electron chi connectivity index (χ3n) is 4.28. The van der Waals surface area contributed by atoms with E-state index in [4.69, 9.17) is 0 Å². The topological polar surface area (TPSA) is 39.1 Å². The highest BCUT2D eigenvalue weighted by Crippen LogP contribution is 2.37. The summed E-state index contributed by atoms with van der Waals surface area (Å²) >= 11 is 0. The highest BCUT2D eigenvalue weighted by molar-refractivity contribution is 5.13. The van der Waals surface area contributed by atoms with Crippen LogP contribution in [0.5, 0.6) is 0 Å². The normalized spacial score (nSPS) is 28.5. The van der Waals surface area contributed by atoms with E-state index >= 15 is 0 Å². The number of nitrogens with zero attached hydrogens (tertiary/aromatic N) is 2. The molecule has 1 aliphatic rings. The van der Waals surface area contributed by atoms with Crippen LogP contribution in [0.15, 0.2) is 0 Å². The van der Waals surface area contributed by atoms with Crippen molar-refractivity contribution in [2.75, 3.05) is 26.2 Å². The molecule has 3 nitrogen and oxygen atoms in total. The molecule has 0 radical (unpaired) electrons. The van der Waals surface area contributed by atoms with Gasteiger partial charge in [0, 0.05) is 13.1 Å². The zero-order valence-electron chi connectivity index (χ0n) is 11.6. The lowest BCUT2D eigenvalue weighted by molar-refractivity contribution is 0.260. The second-order valence-corrected chi connectivity index (χ2v) is 5.03. The van der Waals surface area contributed by atoms with E-state index in [0.717, 1.165) is 39.0 Å². The van der Waals surface area contributed by atoms with Crippen LogP contribution in [0, 0.1) is 17.2 Å². The van der Waals surface area contributed by atoms with Gasteiger partial charge in [-0.1, -0.05) is 33.6 Å². The molecule has 1 saturated carbocycles. The summed E-state index contributed by atoms with van der Waals surface area (Å²) in [6, 6.07) is 2.56. The summed E-state index contributed by atoms with van der Waals surface area (Å²) in [6.07, 6.45) is 4.55. The quantitative estimate of drug-likeness (QED) is 0.739. The minimum Gasteiger partial charge on any atom is -0.303 e. The Morgan fingerprint density at radius 2 is 2.06 bits per heavy atom. The van der Waals surface area contributed by atoms with E-state index in [1.807, 2.05) is 0 Å². The largest absolute Gasteiger partial charge is 0.303 e. The lowest BCUT2D eigenvalue weighted by atomic mass is 9.86. The fourth-order valence-corrected chi connectivity index (χ4v) is 3.03. The number of hydrogen-bond donors (Lipinski definition) is 1. The van der Waals surface area contributed by atoms with Crippen molar-refractivity contribution in [3.63, 3.8) is 0 Å². The van der Waals surface area contributed by atoms with Gasteiger partial charge in [0.25, 0.3) is 0 Å². The summed E-state index contributed by atoms with van der Waals surface area (Å²) in [5.74, 6) is 0.546. The molecule has 0 aromatic rings. The lowest BCUT2D eigenvalue weighted by Gasteiger charge is -2.30. The predicted molar refractivity (Wildman–Crippen MR) is 71.8 cm³/mol. The molecule has 0 saturated heterocycles. The first-order valence-electron chi connectivity index (χ1n) is 7.11. The number of nitrogens with one attached hydrogen (secondary N) is 1. The number of nitriles is 1. The van der Waals surface area contributed by atoms with Gasteiger partial charge in [-0.2, -0.15) is 5.26 Å². The van der Waals surface area contributed by atoms with E-state index in [9.17, 15) is 5.26 Å². The van der Waals surface area contributed by atoms with Gasteiger partial charge in [0.1, 0.15) is 5.54 Å². The maximum Gasteiger partial charge on any atom is 0.109 e. The fourth-order valence-electron chi connectivity index (χ4n) is 3.03. The average Bonchev–Trinajstić information content (AvgIpc) is 2.78. The van der Waals surface area contributed by atoms with Crippen LogP contribution in [-0.4, -0.2) is 36.6 Å². The van der Waals surface area contributed by atoms with Gasteiger partial charge in [0.15, 0.2) is 0 Å². The van der Waals surface area contributed by atoms with Crippen molar-refractivity contribution in [2.45, 2.75) is 52.0 Å². The maximum absolute atomic E-state index is 9.47. The first-order valence-corrected chi connectivity index (χ1v) is 7.11. The standard InChI is InChI=1S/C14H27N3/c1-4-13-8-7-9-14(13,12-15)16-10-11-17(5-2)6-3/h13,16H,4-11H2,1-3H3. The molecule has 0 bridgehead atoms. The Bertz CT molecular complexity index is 255. The van der Waals surface area contributed by atoms with E-state index in [2.05, 4.69) is 37.1 Å². The van der Waals surface area contributed by atoms with E-state index < -0.39 is 0 Å². The van der Waals surface area contributed by atoms with Crippen molar-refractivity contribution >= 4 is 0 Å². The molecule has 2 unspecified atom stereocenters. The third-order valence-corrected chi connectivity index (χ3v) is 4.28. The second kappa shape index (κ2) is 6.98. The van der Waals surface area contributed by atoms with E-state index in [1.165, 1.54) is 12.8 Å². The van der Waals surface area contributed by atoms with Crippen molar-refractivity contribution in [3.05, 3.63) is 0 Å². The smallest absolute Gasteiger partial charge is 0.109 e. The van der Waals surface area contributed by atoms with Gasteiger partial charge in [0.05, 0.1) is 6.07 Å². The summed E-state index contributed by atoms with van der Waals surface area (Å²) < 4.78 is 0. The molecule has 0 heterocycles. The van der Waals surface area contributed by atoms with Crippen molar-refractivity contribution in [1.29, 1.82) is 5.26 Å².